The van der Waals surface area contributed by atoms with Crippen molar-refractivity contribution in [3.8, 4) is 5.69 Å². The summed E-state index contributed by atoms with van der Waals surface area (Å²) in [6, 6.07) is 12.8. The molecular formula is C20H16Cl2FN3O. The standard InChI is InChI=1S/C20H16Cl2FN3O/c1-12-9-14(13(2)26(12)17-6-4-16(23)5-7-17)11-24-25-20(27)18-8-3-15(21)10-19(18)22/h3-11H,1-2H3,(H,25,27)/b24-11-. The number of halogens is 3. The molecule has 0 radical (unpaired) electrons. The fourth-order valence-electron chi connectivity index (χ4n) is 2.80. The first-order valence-corrected chi connectivity index (χ1v) is 8.86. The van der Waals surface area contributed by atoms with Gasteiger partial charge >= 0.3 is 0 Å². The molecule has 27 heavy (non-hydrogen) atoms. The predicted molar refractivity (Wildman–Crippen MR) is 107 cm³/mol. The number of benzene rings is 2. The Labute approximate surface area is 166 Å². The molecule has 0 aliphatic carbocycles. The van der Waals surface area contributed by atoms with E-state index in [1.54, 1.807) is 24.4 Å². The number of amides is 1. The van der Waals surface area contributed by atoms with Gasteiger partial charge in [-0.1, -0.05) is 23.2 Å². The summed E-state index contributed by atoms with van der Waals surface area (Å²) in [5, 5.41) is 4.72. The first kappa shape index (κ1) is 19.1. The van der Waals surface area contributed by atoms with Crippen molar-refractivity contribution in [3.05, 3.63) is 86.9 Å². The number of aromatic nitrogens is 1. The second-order valence-corrected chi connectivity index (χ2v) is 6.81. The van der Waals surface area contributed by atoms with Crippen LogP contribution >= 0.6 is 23.2 Å². The molecule has 4 nitrogen and oxygen atoms in total. The van der Waals surface area contributed by atoms with Crippen LogP contribution in [0.3, 0.4) is 0 Å². The van der Waals surface area contributed by atoms with E-state index < -0.39 is 5.91 Å². The molecule has 138 valence electrons. The van der Waals surface area contributed by atoms with E-state index in [1.165, 1.54) is 24.3 Å². The Hall–Kier alpha value is -2.63. The van der Waals surface area contributed by atoms with Crippen molar-refractivity contribution < 1.29 is 9.18 Å². The molecular weight excluding hydrogens is 388 g/mol. The summed E-state index contributed by atoms with van der Waals surface area (Å²) in [4.78, 5) is 12.2. The van der Waals surface area contributed by atoms with Gasteiger partial charge in [0, 0.05) is 27.7 Å². The summed E-state index contributed by atoms with van der Waals surface area (Å²) in [5.74, 6) is -0.716. The maximum atomic E-state index is 13.2. The maximum absolute atomic E-state index is 13.2. The first-order valence-electron chi connectivity index (χ1n) is 8.10. The van der Waals surface area contributed by atoms with Gasteiger partial charge in [0.15, 0.2) is 0 Å². The summed E-state index contributed by atoms with van der Waals surface area (Å²) in [6.07, 6.45) is 1.56. The van der Waals surface area contributed by atoms with Gasteiger partial charge in [0.05, 0.1) is 16.8 Å². The lowest BCUT2D eigenvalue weighted by Crippen LogP contribution is -2.18. The van der Waals surface area contributed by atoms with Gasteiger partial charge in [0.2, 0.25) is 0 Å². The Morgan fingerprint density at radius 1 is 1.11 bits per heavy atom. The van der Waals surface area contributed by atoms with Crippen LogP contribution in [0.15, 0.2) is 53.6 Å². The fraction of sp³-hybridized carbons (Fsp3) is 0.100. The number of hydrogen-bond acceptors (Lipinski definition) is 2. The first-order chi connectivity index (χ1) is 12.9. The van der Waals surface area contributed by atoms with Gasteiger partial charge < -0.3 is 4.57 Å². The Morgan fingerprint density at radius 2 is 1.81 bits per heavy atom. The number of carbonyl (C=O) groups is 1. The zero-order valence-corrected chi connectivity index (χ0v) is 16.1. The topological polar surface area (TPSA) is 46.4 Å². The molecule has 0 aliphatic heterocycles. The average Bonchev–Trinajstić information content (AvgIpc) is 2.89. The highest BCUT2D eigenvalue weighted by Crippen LogP contribution is 2.21. The van der Waals surface area contributed by atoms with Crippen LogP contribution in [0.1, 0.15) is 27.3 Å². The maximum Gasteiger partial charge on any atom is 0.272 e. The molecule has 7 heteroatoms. The molecule has 0 bridgehead atoms. The molecule has 0 spiro atoms. The van der Waals surface area contributed by atoms with Gasteiger partial charge in [-0.15, -0.1) is 0 Å². The minimum Gasteiger partial charge on any atom is -0.318 e. The second kappa shape index (κ2) is 7.94. The van der Waals surface area contributed by atoms with Crippen LogP contribution in [0, 0.1) is 19.7 Å². The smallest absolute Gasteiger partial charge is 0.272 e. The van der Waals surface area contributed by atoms with Crippen molar-refractivity contribution in [3.63, 3.8) is 0 Å². The third-order valence-electron chi connectivity index (χ3n) is 4.10. The van der Waals surface area contributed by atoms with E-state index in [0.29, 0.717) is 5.02 Å². The molecule has 1 N–H and O–H groups in total. The largest absolute Gasteiger partial charge is 0.318 e. The van der Waals surface area contributed by atoms with Crippen molar-refractivity contribution >= 4 is 35.3 Å². The lowest BCUT2D eigenvalue weighted by Gasteiger charge is -2.09. The third kappa shape index (κ3) is 4.21. The molecule has 3 rings (SSSR count). The highest BCUT2D eigenvalue weighted by Gasteiger charge is 2.11. The molecule has 1 heterocycles. The molecule has 3 aromatic rings. The van der Waals surface area contributed by atoms with Crippen LogP contribution in [-0.4, -0.2) is 16.7 Å². The number of nitrogens with zero attached hydrogens (tertiary/aromatic N) is 2. The minimum absolute atomic E-state index is 0.254. The van der Waals surface area contributed by atoms with Crippen LogP contribution < -0.4 is 5.43 Å². The Bertz CT molecular complexity index is 1030. The fourth-order valence-corrected chi connectivity index (χ4v) is 3.29. The van der Waals surface area contributed by atoms with E-state index in [-0.39, 0.29) is 16.4 Å². The van der Waals surface area contributed by atoms with Gasteiger partial charge in [-0.3, -0.25) is 4.79 Å². The van der Waals surface area contributed by atoms with Gasteiger partial charge in [0.1, 0.15) is 5.82 Å². The Morgan fingerprint density at radius 3 is 2.48 bits per heavy atom. The lowest BCUT2D eigenvalue weighted by molar-refractivity contribution is 0.0955. The van der Waals surface area contributed by atoms with Crippen LogP contribution in [0.5, 0.6) is 0 Å². The minimum atomic E-state index is -0.430. The molecule has 1 aromatic heterocycles. The van der Waals surface area contributed by atoms with Gasteiger partial charge in [-0.2, -0.15) is 5.10 Å². The van der Waals surface area contributed by atoms with E-state index >= 15 is 0 Å². The van der Waals surface area contributed by atoms with E-state index in [2.05, 4.69) is 10.5 Å². The number of hydrogen-bond donors (Lipinski definition) is 1. The molecule has 2 aromatic carbocycles. The predicted octanol–water partition coefficient (Wildman–Crippen LogP) is 5.30. The molecule has 0 saturated heterocycles. The lowest BCUT2D eigenvalue weighted by atomic mass is 10.2. The quantitative estimate of drug-likeness (QED) is 0.465. The van der Waals surface area contributed by atoms with Crippen LogP contribution in [-0.2, 0) is 0 Å². The number of nitrogens with one attached hydrogen (secondary N) is 1. The summed E-state index contributed by atoms with van der Waals surface area (Å²) >= 11 is 11.9. The monoisotopic (exact) mass is 403 g/mol. The highest BCUT2D eigenvalue weighted by molar-refractivity contribution is 6.36. The zero-order chi connectivity index (χ0) is 19.6. The van der Waals surface area contributed by atoms with Gasteiger partial charge in [-0.25, -0.2) is 9.82 Å². The summed E-state index contributed by atoms with van der Waals surface area (Å²) in [5.41, 5.74) is 6.31. The number of hydrazone groups is 1. The van der Waals surface area contributed by atoms with Crippen molar-refractivity contribution in [1.82, 2.24) is 9.99 Å². The third-order valence-corrected chi connectivity index (χ3v) is 4.65. The SMILES string of the molecule is Cc1cc(/C=N\NC(=O)c2ccc(Cl)cc2Cl)c(C)n1-c1ccc(F)cc1. The summed E-state index contributed by atoms with van der Waals surface area (Å²) in [6.45, 7) is 3.87. The average molecular weight is 404 g/mol. The molecule has 0 unspecified atom stereocenters. The molecule has 0 atom stereocenters. The normalized spacial score (nSPS) is 11.1. The van der Waals surface area contributed by atoms with Crippen molar-refractivity contribution in [2.75, 3.05) is 0 Å². The van der Waals surface area contributed by atoms with Gasteiger partial charge in [-0.05, 0) is 62.4 Å². The van der Waals surface area contributed by atoms with Crippen LogP contribution in [0.2, 0.25) is 10.0 Å². The molecule has 0 aliphatic rings. The highest BCUT2D eigenvalue weighted by atomic mass is 35.5. The Kier molecular flexibility index (Phi) is 5.63. The summed E-state index contributed by atoms with van der Waals surface area (Å²) < 4.78 is 15.1. The number of rotatable bonds is 4. The molecule has 1 amide bonds. The van der Waals surface area contributed by atoms with E-state index in [4.69, 9.17) is 23.2 Å². The zero-order valence-electron chi connectivity index (χ0n) is 14.6. The van der Waals surface area contributed by atoms with Gasteiger partial charge in [0.25, 0.3) is 5.91 Å². The van der Waals surface area contributed by atoms with E-state index in [0.717, 1.165) is 22.6 Å². The Balaban J connectivity index is 1.79. The second-order valence-electron chi connectivity index (χ2n) is 5.96. The van der Waals surface area contributed by atoms with Crippen LogP contribution in [0.25, 0.3) is 5.69 Å². The number of aryl methyl sites for hydroxylation is 1. The van der Waals surface area contributed by atoms with Crippen LogP contribution in [0.4, 0.5) is 4.39 Å². The summed E-state index contributed by atoms with van der Waals surface area (Å²) in [7, 11) is 0. The van der Waals surface area contributed by atoms with Crippen molar-refractivity contribution in [1.29, 1.82) is 0 Å². The molecule has 0 fully saturated rings. The van der Waals surface area contributed by atoms with E-state index in [1.807, 2.05) is 24.5 Å². The van der Waals surface area contributed by atoms with Crippen molar-refractivity contribution in [2.24, 2.45) is 5.10 Å². The molecule has 0 saturated carbocycles. The van der Waals surface area contributed by atoms with Crippen molar-refractivity contribution in [2.45, 2.75) is 13.8 Å². The number of carbonyl (C=O) groups excluding carboxylic acids is 1. The van der Waals surface area contributed by atoms with E-state index in [9.17, 15) is 9.18 Å².